The van der Waals surface area contributed by atoms with E-state index in [1.54, 1.807) is 13.8 Å². The number of alkyl halides is 1. The standard InChI is InChI=1S/C9H14BrNO3/c1-3-6(9(13)14)8(11)7(12)4-5(2)10/h5-6,11H,3-4H2,1-2H3,(H,13,14)/t5?,6-/m0/s1. The zero-order valence-electron chi connectivity index (χ0n) is 8.21. The molecule has 0 aliphatic carbocycles. The summed E-state index contributed by atoms with van der Waals surface area (Å²) in [6.07, 6.45) is 0.444. The van der Waals surface area contributed by atoms with Crippen molar-refractivity contribution in [3.8, 4) is 0 Å². The molecule has 2 atom stereocenters. The summed E-state index contributed by atoms with van der Waals surface area (Å²) in [6, 6.07) is 0. The molecule has 0 aliphatic rings. The summed E-state index contributed by atoms with van der Waals surface area (Å²) in [4.78, 5) is 22.0. The number of Topliss-reactive ketones (excluding diaryl/α,β-unsaturated/α-hetero) is 1. The van der Waals surface area contributed by atoms with E-state index >= 15 is 0 Å². The first-order valence-corrected chi connectivity index (χ1v) is 5.30. The van der Waals surface area contributed by atoms with E-state index in [-0.39, 0.29) is 23.4 Å². The Hall–Kier alpha value is -0.710. The molecular weight excluding hydrogens is 250 g/mol. The molecule has 0 aromatic carbocycles. The molecule has 0 saturated carbocycles. The molecule has 5 heteroatoms. The topological polar surface area (TPSA) is 78.2 Å². The summed E-state index contributed by atoms with van der Waals surface area (Å²) in [5.74, 6) is -2.47. The smallest absolute Gasteiger partial charge is 0.312 e. The van der Waals surface area contributed by atoms with Gasteiger partial charge < -0.3 is 10.5 Å². The van der Waals surface area contributed by atoms with E-state index in [1.165, 1.54) is 0 Å². The molecule has 14 heavy (non-hydrogen) atoms. The Morgan fingerprint density at radius 3 is 2.29 bits per heavy atom. The third-order valence-corrected chi connectivity index (χ3v) is 2.15. The Morgan fingerprint density at radius 2 is 2.00 bits per heavy atom. The molecule has 2 N–H and O–H groups in total. The van der Waals surface area contributed by atoms with Gasteiger partial charge in [0.2, 0.25) is 0 Å². The minimum absolute atomic E-state index is 0.0262. The van der Waals surface area contributed by atoms with Crippen molar-refractivity contribution < 1.29 is 14.7 Å². The molecule has 0 amide bonds. The molecular formula is C9H14BrNO3. The molecule has 0 saturated heterocycles. The molecule has 4 nitrogen and oxygen atoms in total. The molecule has 0 rings (SSSR count). The molecule has 0 fully saturated rings. The normalized spacial score (nSPS) is 14.5. The number of aliphatic carboxylic acids is 1. The molecule has 0 spiro atoms. The van der Waals surface area contributed by atoms with E-state index in [0.717, 1.165) is 0 Å². The van der Waals surface area contributed by atoms with Crippen LogP contribution in [0, 0.1) is 11.3 Å². The predicted molar refractivity (Wildman–Crippen MR) is 57.2 cm³/mol. The predicted octanol–water partition coefficient (Wildman–Crippen LogP) is 1.86. The summed E-state index contributed by atoms with van der Waals surface area (Å²) < 4.78 is 0. The Balaban J connectivity index is 4.43. The summed E-state index contributed by atoms with van der Waals surface area (Å²) in [5, 5.41) is 16.1. The van der Waals surface area contributed by atoms with Crippen molar-refractivity contribution in [2.75, 3.05) is 0 Å². The third-order valence-electron chi connectivity index (χ3n) is 1.82. The highest BCUT2D eigenvalue weighted by atomic mass is 79.9. The Morgan fingerprint density at radius 1 is 1.50 bits per heavy atom. The van der Waals surface area contributed by atoms with Gasteiger partial charge in [-0.2, -0.15) is 0 Å². The van der Waals surface area contributed by atoms with Crippen LogP contribution in [0.4, 0.5) is 0 Å². The number of hydrogen-bond acceptors (Lipinski definition) is 3. The van der Waals surface area contributed by atoms with Crippen LogP contribution in [-0.4, -0.2) is 27.4 Å². The van der Waals surface area contributed by atoms with Crippen LogP contribution >= 0.6 is 15.9 Å². The highest BCUT2D eigenvalue weighted by molar-refractivity contribution is 9.09. The van der Waals surface area contributed by atoms with E-state index in [4.69, 9.17) is 10.5 Å². The lowest BCUT2D eigenvalue weighted by Gasteiger charge is -2.10. The van der Waals surface area contributed by atoms with Crippen LogP contribution in [0.15, 0.2) is 0 Å². The van der Waals surface area contributed by atoms with E-state index in [0.29, 0.717) is 0 Å². The number of carbonyl (C=O) groups excluding carboxylic acids is 1. The van der Waals surface area contributed by atoms with Crippen molar-refractivity contribution in [2.45, 2.75) is 31.5 Å². The van der Waals surface area contributed by atoms with Gasteiger partial charge in [-0.05, 0) is 6.42 Å². The first kappa shape index (κ1) is 13.3. The van der Waals surface area contributed by atoms with E-state index in [1.807, 2.05) is 0 Å². The molecule has 0 aliphatic heterocycles. The fourth-order valence-electron chi connectivity index (χ4n) is 1.06. The number of carboxylic acids is 1. The Kier molecular flexibility index (Phi) is 5.60. The van der Waals surface area contributed by atoms with E-state index in [9.17, 15) is 9.59 Å². The van der Waals surface area contributed by atoms with Gasteiger partial charge in [0.05, 0.1) is 5.71 Å². The second kappa shape index (κ2) is 5.90. The molecule has 80 valence electrons. The minimum Gasteiger partial charge on any atom is -0.481 e. The van der Waals surface area contributed by atoms with Gasteiger partial charge in [-0.15, -0.1) is 0 Å². The van der Waals surface area contributed by atoms with Crippen molar-refractivity contribution in [1.82, 2.24) is 0 Å². The first-order valence-electron chi connectivity index (χ1n) is 4.38. The molecule has 0 radical (unpaired) electrons. The monoisotopic (exact) mass is 263 g/mol. The van der Waals surface area contributed by atoms with Gasteiger partial charge in [-0.3, -0.25) is 9.59 Å². The molecule has 0 bridgehead atoms. The van der Waals surface area contributed by atoms with Crippen molar-refractivity contribution in [3.05, 3.63) is 0 Å². The van der Waals surface area contributed by atoms with Crippen LogP contribution < -0.4 is 0 Å². The van der Waals surface area contributed by atoms with Gasteiger partial charge in [-0.25, -0.2) is 0 Å². The maximum absolute atomic E-state index is 11.3. The van der Waals surface area contributed by atoms with Gasteiger partial charge in [-0.1, -0.05) is 29.8 Å². The van der Waals surface area contributed by atoms with Gasteiger partial charge in [0, 0.05) is 11.2 Å². The number of ketones is 1. The second-order valence-electron chi connectivity index (χ2n) is 3.12. The summed E-state index contributed by atoms with van der Waals surface area (Å²) in [7, 11) is 0. The quantitative estimate of drug-likeness (QED) is 0.567. The van der Waals surface area contributed by atoms with Crippen molar-refractivity contribution in [1.29, 1.82) is 5.41 Å². The van der Waals surface area contributed by atoms with Crippen LogP contribution in [0.1, 0.15) is 26.7 Å². The minimum atomic E-state index is -1.10. The average molecular weight is 264 g/mol. The number of hydrogen-bond donors (Lipinski definition) is 2. The van der Waals surface area contributed by atoms with Crippen LogP contribution in [0.2, 0.25) is 0 Å². The van der Waals surface area contributed by atoms with Crippen molar-refractivity contribution in [3.63, 3.8) is 0 Å². The summed E-state index contributed by atoms with van der Waals surface area (Å²) in [5.41, 5.74) is -0.300. The fraction of sp³-hybridized carbons (Fsp3) is 0.667. The maximum atomic E-state index is 11.3. The highest BCUT2D eigenvalue weighted by Gasteiger charge is 2.26. The van der Waals surface area contributed by atoms with Gasteiger partial charge >= 0.3 is 5.97 Å². The number of carboxylic acid groups (broad SMARTS) is 1. The summed E-state index contributed by atoms with van der Waals surface area (Å²) >= 11 is 3.19. The first-order chi connectivity index (χ1) is 6.40. The second-order valence-corrected chi connectivity index (χ2v) is 4.68. The number of halogens is 1. The summed E-state index contributed by atoms with van der Waals surface area (Å²) in [6.45, 7) is 3.44. The van der Waals surface area contributed by atoms with Crippen LogP contribution in [-0.2, 0) is 9.59 Å². The molecule has 0 aromatic heterocycles. The van der Waals surface area contributed by atoms with E-state index in [2.05, 4.69) is 15.9 Å². The Bertz CT molecular complexity index is 250. The number of carbonyl (C=O) groups is 2. The fourth-order valence-corrected chi connectivity index (χ4v) is 1.36. The Labute approximate surface area is 91.3 Å². The lowest BCUT2D eigenvalue weighted by atomic mass is 9.95. The van der Waals surface area contributed by atoms with Gasteiger partial charge in [0.1, 0.15) is 5.92 Å². The largest absolute Gasteiger partial charge is 0.481 e. The van der Waals surface area contributed by atoms with Crippen molar-refractivity contribution >= 4 is 33.4 Å². The van der Waals surface area contributed by atoms with Crippen molar-refractivity contribution in [2.24, 2.45) is 5.92 Å². The van der Waals surface area contributed by atoms with Gasteiger partial charge in [0.15, 0.2) is 5.78 Å². The van der Waals surface area contributed by atoms with E-state index < -0.39 is 17.7 Å². The zero-order chi connectivity index (χ0) is 11.3. The lowest BCUT2D eigenvalue weighted by molar-refractivity contribution is -0.139. The number of nitrogens with one attached hydrogen (secondary N) is 1. The van der Waals surface area contributed by atoms with Crippen LogP contribution in [0.3, 0.4) is 0 Å². The van der Waals surface area contributed by atoms with Crippen LogP contribution in [0.5, 0.6) is 0 Å². The van der Waals surface area contributed by atoms with Crippen LogP contribution in [0.25, 0.3) is 0 Å². The SMILES string of the molecule is CC[C@@H](C(=N)C(=O)CC(C)Br)C(=O)O. The lowest BCUT2D eigenvalue weighted by Crippen LogP contribution is -2.30. The molecule has 1 unspecified atom stereocenters. The number of rotatable bonds is 6. The maximum Gasteiger partial charge on any atom is 0.312 e. The molecule has 0 aromatic rings. The third kappa shape index (κ3) is 4.00. The highest BCUT2D eigenvalue weighted by Crippen LogP contribution is 2.11. The van der Waals surface area contributed by atoms with Gasteiger partial charge in [0.25, 0.3) is 0 Å². The average Bonchev–Trinajstić information content (AvgIpc) is 2.03. The zero-order valence-corrected chi connectivity index (χ0v) is 9.80. The molecule has 0 heterocycles.